The van der Waals surface area contributed by atoms with E-state index in [1.54, 1.807) is 0 Å². The maximum absolute atomic E-state index is 12.6. The van der Waals surface area contributed by atoms with Crippen molar-refractivity contribution in [2.24, 2.45) is 0 Å². The molecular formula is C42H67NO8P+. The zero-order chi connectivity index (χ0) is 38.6. The van der Waals surface area contributed by atoms with E-state index in [9.17, 15) is 19.0 Å². The van der Waals surface area contributed by atoms with Gasteiger partial charge in [0.15, 0.2) is 6.10 Å². The van der Waals surface area contributed by atoms with Gasteiger partial charge in [-0.05, 0) is 51.4 Å². The summed E-state index contributed by atoms with van der Waals surface area (Å²) in [5.41, 5.74) is 0. The highest BCUT2D eigenvalue weighted by Gasteiger charge is 2.27. The number of allylic oxidation sites excluding steroid dienone is 18. The van der Waals surface area contributed by atoms with Gasteiger partial charge in [-0.2, -0.15) is 0 Å². The molecule has 0 aromatic heterocycles. The van der Waals surface area contributed by atoms with Crippen LogP contribution in [0.15, 0.2) is 109 Å². The highest BCUT2D eigenvalue weighted by atomic mass is 31.2. The predicted octanol–water partition coefficient (Wildman–Crippen LogP) is 10.0. The lowest BCUT2D eigenvalue weighted by Crippen LogP contribution is -2.37. The van der Waals surface area contributed by atoms with Gasteiger partial charge in [-0.1, -0.05) is 136 Å². The Balaban J connectivity index is 4.64. The smallest absolute Gasteiger partial charge is 0.462 e. The summed E-state index contributed by atoms with van der Waals surface area (Å²) in [5, 5.41) is 0. The molecule has 0 radical (unpaired) electrons. The molecule has 0 saturated carbocycles. The number of unbranched alkanes of at least 4 members (excludes halogenated alkanes) is 6. The van der Waals surface area contributed by atoms with Crippen molar-refractivity contribution in [1.29, 1.82) is 0 Å². The van der Waals surface area contributed by atoms with Crippen molar-refractivity contribution in [3.05, 3.63) is 109 Å². The fourth-order valence-electron chi connectivity index (χ4n) is 4.10. The molecule has 292 valence electrons. The molecule has 52 heavy (non-hydrogen) atoms. The van der Waals surface area contributed by atoms with Crippen LogP contribution in [0.25, 0.3) is 0 Å². The number of carbonyl (C=O) groups excluding carboxylic acids is 2. The van der Waals surface area contributed by atoms with Gasteiger partial charge in [0.2, 0.25) is 0 Å². The number of quaternary nitrogens is 1. The van der Waals surface area contributed by atoms with Gasteiger partial charge in [0.05, 0.1) is 27.7 Å². The van der Waals surface area contributed by atoms with E-state index >= 15 is 0 Å². The fraction of sp³-hybridized carbons (Fsp3) is 0.524. The molecular weight excluding hydrogens is 677 g/mol. The molecule has 0 fully saturated rings. The Kier molecular flexibility index (Phi) is 31.4. The van der Waals surface area contributed by atoms with Gasteiger partial charge in [-0.3, -0.25) is 18.6 Å². The molecule has 0 saturated heterocycles. The van der Waals surface area contributed by atoms with E-state index < -0.39 is 32.5 Å². The number of likely N-dealkylation sites (N-methyl/N-ethyl adjacent to an activating group) is 1. The largest absolute Gasteiger partial charge is 0.472 e. The van der Waals surface area contributed by atoms with E-state index in [0.29, 0.717) is 23.9 Å². The Hall–Kier alpha value is -3.33. The second kappa shape index (κ2) is 33.5. The molecule has 0 aliphatic rings. The van der Waals surface area contributed by atoms with Crippen LogP contribution >= 0.6 is 7.82 Å². The van der Waals surface area contributed by atoms with Gasteiger partial charge < -0.3 is 18.9 Å². The molecule has 0 aromatic rings. The first kappa shape index (κ1) is 48.7. The van der Waals surface area contributed by atoms with Crippen LogP contribution < -0.4 is 0 Å². The first-order valence-corrected chi connectivity index (χ1v) is 20.2. The summed E-state index contributed by atoms with van der Waals surface area (Å²) >= 11 is 0. The molecule has 0 bridgehead atoms. The second-order valence-corrected chi connectivity index (χ2v) is 14.5. The van der Waals surface area contributed by atoms with Crippen molar-refractivity contribution >= 4 is 19.8 Å². The summed E-state index contributed by atoms with van der Waals surface area (Å²) in [6.07, 6.45) is 44.3. The van der Waals surface area contributed by atoms with E-state index in [1.165, 1.54) is 0 Å². The zero-order valence-electron chi connectivity index (χ0n) is 32.5. The number of hydrogen-bond donors (Lipinski definition) is 1. The first-order valence-electron chi connectivity index (χ1n) is 18.7. The van der Waals surface area contributed by atoms with Gasteiger partial charge in [0, 0.05) is 12.8 Å². The summed E-state index contributed by atoms with van der Waals surface area (Å²) in [7, 11) is 1.40. The topological polar surface area (TPSA) is 108 Å². The summed E-state index contributed by atoms with van der Waals surface area (Å²) in [6.45, 7) is 3.98. The van der Waals surface area contributed by atoms with Crippen LogP contribution in [-0.4, -0.2) is 74.9 Å². The summed E-state index contributed by atoms with van der Waals surface area (Å²) in [5.74, 6) is -0.912. The lowest BCUT2D eigenvalue weighted by Gasteiger charge is -2.24. The number of rotatable bonds is 31. The number of phosphoric acid groups is 1. The predicted molar refractivity (Wildman–Crippen MR) is 214 cm³/mol. The van der Waals surface area contributed by atoms with Gasteiger partial charge in [-0.25, -0.2) is 4.57 Å². The van der Waals surface area contributed by atoms with Crippen LogP contribution in [0, 0.1) is 0 Å². The Morgan fingerprint density at radius 1 is 0.596 bits per heavy atom. The lowest BCUT2D eigenvalue weighted by molar-refractivity contribution is -0.870. The highest BCUT2D eigenvalue weighted by Crippen LogP contribution is 2.43. The van der Waals surface area contributed by atoms with Crippen LogP contribution in [0.3, 0.4) is 0 Å². The minimum atomic E-state index is -4.40. The fourth-order valence-corrected chi connectivity index (χ4v) is 4.84. The molecule has 2 atom stereocenters. The Morgan fingerprint density at radius 3 is 1.50 bits per heavy atom. The number of carbonyl (C=O) groups is 2. The van der Waals surface area contributed by atoms with Crippen LogP contribution in [0.2, 0.25) is 0 Å². The molecule has 2 unspecified atom stereocenters. The van der Waals surface area contributed by atoms with Crippen LogP contribution in [-0.2, 0) is 32.7 Å². The molecule has 10 heteroatoms. The van der Waals surface area contributed by atoms with E-state index in [-0.39, 0.29) is 26.1 Å². The quantitative estimate of drug-likeness (QED) is 0.0246. The third-order valence-corrected chi connectivity index (χ3v) is 8.01. The van der Waals surface area contributed by atoms with Crippen molar-refractivity contribution in [2.75, 3.05) is 47.5 Å². The van der Waals surface area contributed by atoms with Crippen LogP contribution in [0.5, 0.6) is 0 Å². The number of esters is 2. The third-order valence-electron chi connectivity index (χ3n) is 7.02. The van der Waals surface area contributed by atoms with Crippen molar-refractivity contribution in [2.45, 2.75) is 97.0 Å². The maximum Gasteiger partial charge on any atom is 0.472 e. The van der Waals surface area contributed by atoms with Gasteiger partial charge in [-0.15, -0.1) is 0 Å². The molecule has 0 heterocycles. The van der Waals surface area contributed by atoms with E-state index in [4.69, 9.17) is 18.5 Å². The number of nitrogens with zero attached hydrogens (tertiary/aromatic N) is 1. The third kappa shape index (κ3) is 36.5. The average Bonchev–Trinajstić information content (AvgIpc) is 3.09. The van der Waals surface area contributed by atoms with Crippen molar-refractivity contribution in [3.8, 4) is 0 Å². The number of ether oxygens (including phenoxy) is 2. The maximum atomic E-state index is 12.6. The molecule has 0 aliphatic carbocycles. The Bertz CT molecular complexity index is 1250. The lowest BCUT2D eigenvalue weighted by atomic mass is 10.1. The highest BCUT2D eigenvalue weighted by molar-refractivity contribution is 7.47. The van der Waals surface area contributed by atoms with Gasteiger partial charge >= 0.3 is 19.8 Å². The molecule has 9 nitrogen and oxygen atoms in total. The normalized spacial score (nSPS) is 15.0. The molecule has 0 aromatic carbocycles. The van der Waals surface area contributed by atoms with Crippen molar-refractivity contribution in [3.63, 3.8) is 0 Å². The standard InChI is InChI=1S/C42H66NO8P/c1-6-8-10-12-14-16-18-20-21-23-24-26-28-30-32-34-41(44)48-38-40(39-50-52(46,47)49-37-36-43(3,4)5)51-42(45)35-33-31-29-27-25-22-19-17-15-13-11-9-7-2/h8-25,40H,6-7,26-39H2,1-5H3/p+1/b10-8+,11-9+,14-12+,15-13+,18-16+,19-17+,21-20+,24-23+,25-22+. The van der Waals surface area contributed by atoms with E-state index in [0.717, 1.165) is 51.4 Å². The molecule has 1 N–H and O–H groups in total. The Morgan fingerprint density at radius 2 is 1.04 bits per heavy atom. The average molecular weight is 745 g/mol. The SMILES string of the molecule is CC/C=C/C=C/C=C/C=C/C=C/CCCCCC(=O)OCC(COP(=O)(O)OCC[N+](C)(C)C)OC(=O)CCCCC/C=C/C=C/C=C/C=C/CC. The van der Waals surface area contributed by atoms with Crippen molar-refractivity contribution < 1.29 is 42.1 Å². The van der Waals surface area contributed by atoms with Crippen LogP contribution in [0.4, 0.5) is 0 Å². The zero-order valence-corrected chi connectivity index (χ0v) is 33.4. The molecule has 0 rings (SSSR count). The molecule has 0 spiro atoms. The monoisotopic (exact) mass is 744 g/mol. The second-order valence-electron chi connectivity index (χ2n) is 13.1. The number of hydrogen-bond acceptors (Lipinski definition) is 7. The summed E-state index contributed by atoms with van der Waals surface area (Å²) in [6, 6.07) is 0. The van der Waals surface area contributed by atoms with Gasteiger partial charge in [0.1, 0.15) is 19.8 Å². The molecule has 0 aliphatic heterocycles. The Labute approximate surface area is 315 Å². The van der Waals surface area contributed by atoms with Crippen molar-refractivity contribution in [1.82, 2.24) is 0 Å². The summed E-state index contributed by atoms with van der Waals surface area (Å²) < 4.78 is 34.0. The van der Waals surface area contributed by atoms with Gasteiger partial charge in [0.25, 0.3) is 0 Å². The van der Waals surface area contributed by atoms with Crippen LogP contribution in [0.1, 0.15) is 90.9 Å². The minimum absolute atomic E-state index is 0.00889. The molecule has 0 amide bonds. The first-order chi connectivity index (χ1) is 25.0. The number of phosphoric ester groups is 1. The van der Waals surface area contributed by atoms with E-state index in [1.807, 2.05) is 106 Å². The van der Waals surface area contributed by atoms with E-state index in [2.05, 4.69) is 38.2 Å². The summed E-state index contributed by atoms with van der Waals surface area (Å²) in [4.78, 5) is 35.2. The minimum Gasteiger partial charge on any atom is -0.462 e.